The number of halogens is 2. The van der Waals surface area contributed by atoms with Crippen LogP contribution >= 0.6 is 23.2 Å². The van der Waals surface area contributed by atoms with Gasteiger partial charge in [-0.2, -0.15) is 5.26 Å². The number of benzene rings is 2. The normalized spacial score (nSPS) is 26.1. The number of nitrogens with zero attached hydrogens (tertiary/aromatic N) is 1. The van der Waals surface area contributed by atoms with Gasteiger partial charge in [0.25, 0.3) is 0 Å². The fraction of sp³-hybridized carbons (Fsp3) is 0.440. The maximum atomic E-state index is 13.6. The van der Waals surface area contributed by atoms with E-state index in [-0.39, 0.29) is 22.8 Å². The highest BCUT2D eigenvalue weighted by atomic mass is 35.5. The van der Waals surface area contributed by atoms with E-state index in [0.29, 0.717) is 17.9 Å². The van der Waals surface area contributed by atoms with E-state index in [9.17, 15) is 18.5 Å². The quantitative estimate of drug-likeness (QED) is 0.550. The average molecular weight is 521 g/mol. The summed E-state index contributed by atoms with van der Waals surface area (Å²) in [6, 6.07) is 15.6. The zero-order chi connectivity index (χ0) is 24.9. The molecule has 180 valence electrons. The molecule has 9 heteroatoms. The number of carbonyl (C=O) groups excluding carboxylic acids is 1. The molecule has 0 heterocycles. The topological polar surface area (TPSA) is 110 Å². The number of carbonyl (C=O) groups is 1. The van der Waals surface area contributed by atoms with Crippen LogP contribution in [0.5, 0.6) is 0 Å². The molecule has 2 N–H and O–H groups in total. The fourth-order valence-corrected chi connectivity index (χ4v) is 7.77. The van der Waals surface area contributed by atoms with E-state index in [1.807, 2.05) is 26.0 Å². The fourth-order valence-electron chi connectivity index (χ4n) is 5.31. The Kier molecular flexibility index (Phi) is 6.27. The summed E-state index contributed by atoms with van der Waals surface area (Å²) in [5.74, 6) is -0.708. The molecule has 2 aliphatic rings. The molecule has 34 heavy (non-hydrogen) atoms. The molecule has 0 unspecified atom stereocenters. The van der Waals surface area contributed by atoms with Crippen LogP contribution in [0, 0.1) is 22.2 Å². The Morgan fingerprint density at radius 2 is 1.76 bits per heavy atom. The highest BCUT2D eigenvalue weighted by Gasteiger charge is 2.71. The summed E-state index contributed by atoms with van der Waals surface area (Å²) in [6.07, 6.45) is -0.0130. The van der Waals surface area contributed by atoms with Crippen molar-refractivity contribution >= 4 is 38.9 Å². The minimum atomic E-state index is -3.92. The minimum absolute atomic E-state index is 0.000506. The van der Waals surface area contributed by atoms with Gasteiger partial charge in [-0.1, -0.05) is 47.5 Å². The van der Waals surface area contributed by atoms with Crippen molar-refractivity contribution in [1.29, 1.82) is 5.26 Å². The van der Waals surface area contributed by atoms with Crippen LogP contribution in [-0.4, -0.2) is 25.7 Å². The van der Waals surface area contributed by atoms with Crippen molar-refractivity contribution in [3.63, 3.8) is 0 Å². The van der Waals surface area contributed by atoms with Crippen LogP contribution in [0.3, 0.4) is 0 Å². The van der Waals surface area contributed by atoms with E-state index in [2.05, 4.69) is 6.07 Å². The lowest BCUT2D eigenvalue weighted by Gasteiger charge is -2.40. The number of primary amides is 1. The Balaban J connectivity index is 1.78. The van der Waals surface area contributed by atoms with Gasteiger partial charge < -0.3 is 10.5 Å². The molecule has 2 fully saturated rings. The third-order valence-corrected chi connectivity index (χ3v) is 10.3. The number of nitriles is 1. The first-order valence-electron chi connectivity index (χ1n) is 11.0. The van der Waals surface area contributed by atoms with E-state index >= 15 is 0 Å². The Morgan fingerprint density at radius 3 is 2.29 bits per heavy atom. The van der Waals surface area contributed by atoms with Gasteiger partial charge in [-0.3, -0.25) is 4.79 Å². The standard InChI is InChI=1S/C25H26Cl2N2O4S/c1-23(2,16-7-9-17(26)10-8-16)33-21-13-18(34(31,32)20-6-4-3-5-19(20)27)14-25(21,22(29)30)24(15-28)11-12-24/h3-10,18,21H,11-14H2,1-2H3,(H2,29,30)/t18-,21+,25+/m0/s1. The summed E-state index contributed by atoms with van der Waals surface area (Å²) in [5, 5.41) is 9.75. The van der Waals surface area contributed by atoms with Crippen molar-refractivity contribution in [3.8, 4) is 6.07 Å². The maximum Gasteiger partial charge on any atom is 0.227 e. The summed E-state index contributed by atoms with van der Waals surface area (Å²) in [5.41, 5.74) is 3.38. The van der Waals surface area contributed by atoms with Crippen molar-refractivity contribution in [2.24, 2.45) is 16.6 Å². The second kappa shape index (κ2) is 8.53. The molecule has 4 rings (SSSR count). The lowest BCUT2D eigenvalue weighted by Crippen LogP contribution is -2.52. The van der Waals surface area contributed by atoms with Crippen LogP contribution in [-0.2, 0) is 25.0 Å². The summed E-state index contributed by atoms with van der Waals surface area (Å²) in [7, 11) is -3.92. The molecule has 0 spiro atoms. The summed E-state index contributed by atoms with van der Waals surface area (Å²) < 4.78 is 33.8. The second-order valence-corrected chi connectivity index (χ2v) is 12.7. The number of rotatable bonds is 7. The van der Waals surface area contributed by atoms with Gasteiger partial charge in [-0.05, 0) is 69.4 Å². The van der Waals surface area contributed by atoms with Gasteiger partial charge >= 0.3 is 0 Å². The molecule has 6 nitrogen and oxygen atoms in total. The third-order valence-electron chi connectivity index (χ3n) is 7.39. The molecule has 0 aliphatic heterocycles. The Hall–Kier alpha value is -2.11. The predicted octanol–water partition coefficient (Wildman–Crippen LogP) is 5.03. The van der Waals surface area contributed by atoms with E-state index in [1.165, 1.54) is 12.1 Å². The average Bonchev–Trinajstić information content (AvgIpc) is 3.48. The number of amides is 1. The van der Waals surface area contributed by atoms with Crippen molar-refractivity contribution < 1.29 is 17.9 Å². The molecule has 1 amide bonds. The maximum absolute atomic E-state index is 13.6. The van der Waals surface area contributed by atoms with Crippen LogP contribution in [0.15, 0.2) is 53.4 Å². The number of sulfone groups is 1. The van der Waals surface area contributed by atoms with Crippen molar-refractivity contribution in [1.82, 2.24) is 0 Å². The van der Waals surface area contributed by atoms with Gasteiger partial charge in [0.1, 0.15) is 0 Å². The van der Waals surface area contributed by atoms with Crippen LogP contribution in [0.25, 0.3) is 0 Å². The number of hydrogen-bond acceptors (Lipinski definition) is 5. The molecule has 2 aromatic rings. The first kappa shape index (κ1) is 25.0. The second-order valence-electron chi connectivity index (χ2n) is 9.69. The SMILES string of the molecule is CC(C)(O[C@@H]1C[C@H](S(=O)(=O)c2ccccc2Cl)C[C@@]1(C(N)=O)C1(C#N)CC1)c1ccc(Cl)cc1. The van der Waals surface area contributed by atoms with Gasteiger partial charge in [0, 0.05) is 5.02 Å². The molecule has 0 saturated heterocycles. The molecule has 2 saturated carbocycles. The molecule has 0 radical (unpaired) electrons. The lowest BCUT2D eigenvalue weighted by molar-refractivity contribution is -0.157. The highest BCUT2D eigenvalue weighted by Crippen LogP contribution is 2.66. The first-order chi connectivity index (χ1) is 15.9. The van der Waals surface area contributed by atoms with Gasteiger partial charge in [0.05, 0.1) is 43.8 Å². The molecule has 2 aliphatic carbocycles. The van der Waals surface area contributed by atoms with Crippen molar-refractivity contribution in [2.75, 3.05) is 0 Å². The summed E-state index contributed by atoms with van der Waals surface area (Å²) in [4.78, 5) is 13.1. The number of ether oxygens (including phenoxy) is 1. The van der Waals surface area contributed by atoms with E-state index in [1.54, 1.807) is 24.3 Å². The van der Waals surface area contributed by atoms with Gasteiger partial charge in [0.15, 0.2) is 9.84 Å². The molecule has 3 atom stereocenters. The summed E-state index contributed by atoms with van der Waals surface area (Å²) in [6.45, 7) is 3.67. The smallest absolute Gasteiger partial charge is 0.227 e. The molecular formula is C25H26Cl2N2O4S. The molecular weight excluding hydrogens is 495 g/mol. The van der Waals surface area contributed by atoms with Crippen LogP contribution in [0.2, 0.25) is 10.0 Å². The third kappa shape index (κ3) is 3.91. The minimum Gasteiger partial charge on any atom is -0.369 e. The largest absolute Gasteiger partial charge is 0.369 e. The lowest BCUT2D eigenvalue weighted by atomic mass is 9.69. The number of nitrogens with two attached hydrogens (primary N) is 1. The first-order valence-corrected chi connectivity index (χ1v) is 13.3. The van der Waals surface area contributed by atoms with E-state index in [0.717, 1.165) is 5.56 Å². The summed E-state index contributed by atoms with van der Waals surface area (Å²) >= 11 is 12.3. The number of hydrogen-bond donors (Lipinski definition) is 1. The highest BCUT2D eigenvalue weighted by molar-refractivity contribution is 7.92. The molecule has 0 aromatic heterocycles. The van der Waals surface area contributed by atoms with Crippen molar-refractivity contribution in [3.05, 3.63) is 64.1 Å². The molecule has 2 aromatic carbocycles. The van der Waals surface area contributed by atoms with Crippen LogP contribution in [0.1, 0.15) is 45.1 Å². The van der Waals surface area contributed by atoms with E-state index < -0.39 is 43.5 Å². The van der Waals surface area contributed by atoms with Gasteiger partial charge in [-0.15, -0.1) is 0 Å². The zero-order valence-corrected chi connectivity index (χ0v) is 21.3. The van der Waals surface area contributed by atoms with Gasteiger partial charge in [0.2, 0.25) is 5.91 Å². The Bertz CT molecular complexity index is 1270. The Morgan fingerprint density at radius 1 is 1.15 bits per heavy atom. The van der Waals surface area contributed by atoms with E-state index in [4.69, 9.17) is 33.7 Å². The Labute approximate surface area is 209 Å². The zero-order valence-electron chi connectivity index (χ0n) is 18.9. The van der Waals surface area contributed by atoms with Gasteiger partial charge in [-0.25, -0.2) is 8.42 Å². The van der Waals surface area contributed by atoms with Crippen LogP contribution in [0.4, 0.5) is 0 Å². The monoisotopic (exact) mass is 520 g/mol. The van der Waals surface area contributed by atoms with Crippen LogP contribution < -0.4 is 5.73 Å². The molecule has 0 bridgehead atoms. The predicted molar refractivity (Wildman–Crippen MR) is 130 cm³/mol. The van der Waals surface area contributed by atoms with Crippen molar-refractivity contribution in [2.45, 2.75) is 61.4 Å².